The van der Waals surface area contributed by atoms with E-state index in [1.807, 2.05) is 0 Å². The van der Waals surface area contributed by atoms with Crippen molar-refractivity contribution in [3.8, 4) is 50.3 Å². The molecule has 0 amide bonds. The fourth-order valence-electron chi connectivity index (χ4n) is 8.03. The Bertz CT molecular complexity index is 2240. The Morgan fingerprint density at radius 1 is 0.480 bits per heavy atom. The number of benzene rings is 7. The van der Waals surface area contributed by atoms with Crippen LogP contribution in [0.1, 0.15) is 37.0 Å². The minimum absolute atomic E-state index is 0.147. The van der Waals surface area contributed by atoms with Gasteiger partial charge in [0.15, 0.2) is 0 Å². The second-order valence-corrected chi connectivity index (χ2v) is 14.0. The average Bonchev–Trinajstić information content (AvgIpc) is 3.41. The second kappa shape index (κ2) is 12.2. The van der Waals surface area contributed by atoms with E-state index in [-0.39, 0.29) is 5.41 Å². The van der Waals surface area contributed by atoms with E-state index in [1.165, 1.54) is 55.6 Å². The minimum Gasteiger partial charge on any atom is -0.493 e. The molecule has 0 unspecified atom stereocenters. The van der Waals surface area contributed by atoms with Crippen molar-refractivity contribution in [2.75, 3.05) is 11.5 Å². The number of anilines is 3. The van der Waals surface area contributed by atoms with Crippen LogP contribution in [-0.4, -0.2) is 6.61 Å². The summed E-state index contributed by atoms with van der Waals surface area (Å²) in [5.74, 6) is 1.02. The fourth-order valence-corrected chi connectivity index (χ4v) is 8.03. The summed E-state index contributed by atoms with van der Waals surface area (Å²) >= 11 is 0. The highest BCUT2D eigenvalue weighted by atomic mass is 16.5. The van der Waals surface area contributed by atoms with Gasteiger partial charge >= 0.3 is 0 Å². The first kappa shape index (κ1) is 30.2. The van der Waals surface area contributed by atoms with Gasteiger partial charge in [0.25, 0.3) is 0 Å². The molecule has 0 radical (unpaired) electrons. The molecule has 7 aromatic carbocycles. The first-order valence-corrected chi connectivity index (χ1v) is 17.7. The summed E-state index contributed by atoms with van der Waals surface area (Å²) < 4.78 is 6.50. The number of ether oxygens (including phenoxy) is 1. The number of fused-ring (bicyclic) bond motifs is 4. The van der Waals surface area contributed by atoms with Crippen molar-refractivity contribution < 1.29 is 4.74 Å². The van der Waals surface area contributed by atoms with Gasteiger partial charge in [0.05, 0.1) is 12.3 Å². The van der Waals surface area contributed by atoms with E-state index < -0.39 is 0 Å². The van der Waals surface area contributed by atoms with Crippen LogP contribution < -0.4 is 9.64 Å². The molecule has 0 saturated heterocycles. The third-order valence-electron chi connectivity index (χ3n) is 10.6. The maximum Gasteiger partial charge on any atom is 0.130 e. The molecule has 0 saturated carbocycles. The summed E-state index contributed by atoms with van der Waals surface area (Å²) in [6, 6.07) is 59.8. The van der Waals surface area contributed by atoms with E-state index >= 15 is 0 Å². The molecule has 2 nitrogen and oxygen atoms in total. The van der Waals surface area contributed by atoms with Crippen molar-refractivity contribution in [1.82, 2.24) is 0 Å². The van der Waals surface area contributed by atoms with Gasteiger partial charge in [0, 0.05) is 27.9 Å². The fraction of sp³-hybridized carbons (Fsp3) is 0.125. The van der Waals surface area contributed by atoms with Gasteiger partial charge < -0.3 is 9.64 Å². The molecule has 0 bridgehead atoms. The van der Waals surface area contributed by atoms with Crippen LogP contribution in [0.4, 0.5) is 17.1 Å². The zero-order valence-corrected chi connectivity index (χ0v) is 28.6. The van der Waals surface area contributed by atoms with Crippen molar-refractivity contribution in [2.24, 2.45) is 0 Å². The van der Waals surface area contributed by atoms with Crippen molar-refractivity contribution in [3.63, 3.8) is 0 Å². The molecule has 2 aliphatic rings. The molecule has 1 aliphatic heterocycles. The number of para-hydroxylation sites is 1. The third kappa shape index (κ3) is 5.11. The zero-order valence-electron chi connectivity index (χ0n) is 28.6. The largest absolute Gasteiger partial charge is 0.493 e. The van der Waals surface area contributed by atoms with E-state index in [1.54, 1.807) is 0 Å². The van der Waals surface area contributed by atoms with Gasteiger partial charge in [-0.15, -0.1) is 0 Å². The van der Waals surface area contributed by atoms with Crippen molar-refractivity contribution in [3.05, 3.63) is 180 Å². The first-order chi connectivity index (χ1) is 24.6. The number of nitrogens with zero attached hydrogens (tertiary/aromatic N) is 1. The summed E-state index contributed by atoms with van der Waals surface area (Å²) in [5.41, 5.74) is 17.0. The lowest BCUT2D eigenvalue weighted by atomic mass is 9.81. The molecule has 0 aromatic heterocycles. The molecule has 7 aromatic rings. The molecule has 0 atom stereocenters. The Hall–Kier alpha value is -5.86. The molecular weight excluding hydrogens is 607 g/mol. The maximum atomic E-state index is 6.50. The van der Waals surface area contributed by atoms with Gasteiger partial charge in [-0.25, -0.2) is 0 Å². The normalized spacial score (nSPS) is 13.9. The van der Waals surface area contributed by atoms with Gasteiger partial charge in [0.1, 0.15) is 5.75 Å². The summed E-state index contributed by atoms with van der Waals surface area (Å²) in [6.45, 7) is 5.47. The topological polar surface area (TPSA) is 12.5 Å². The molecule has 2 heteroatoms. The Morgan fingerprint density at radius 2 is 1.04 bits per heavy atom. The molecule has 1 aliphatic carbocycles. The molecular formula is C48H39NO. The lowest BCUT2D eigenvalue weighted by molar-refractivity contribution is 0.289. The second-order valence-electron chi connectivity index (χ2n) is 14.0. The number of rotatable bonds is 6. The Morgan fingerprint density at radius 3 is 1.68 bits per heavy atom. The van der Waals surface area contributed by atoms with Gasteiger partial charge in [-0.2, -0.15) is 0 Å². The zero-order chi connectivity index (χ0) is 33.7. The van der Waals surface area contributed by atoms with Crippen LogP contribution in [0.15, 0.2) is 164 Å². The average molecular weight is 646 g/mol. The van der Waals surface area contributed by atoms with Crippen molar-refractivity contribution in [2.45, 2.75) is 32.1 Å². The molecule has 1 heterocycles. The van der Waals surface area contributed by atoms with Gasteiger partial charge in [-0.3, -0.25) is 0 Å². The summed E-state index contributed by atoms with van der Waals surface area (Å²) in [5, 5.41) is 0. The van der Waals surface area contributed by atoms with E-state index in [0.29, 0.717) is 0 Å². The summed E-state index contributed by atoms with van der Waals surface area (Å²) in [4.78, 5) is 2.44. The molecule has 9 rings (SSSR count). The number of hydrogen-bond acceptors (Lipinski definition) is 2. The number of aryl methyl sites for hydroxylation is 1. The highest BCUT2D eigenvalue weighted by molar-refractivity contribution is 5.96. The van der Waals surface area contributed by atoms with Gasteiger partial charge in [0.2, 0.25) is 0 Å². The van der Waals surface area contributed by atoms with Gasteiger partial charge in [-0.1, -0.05) is 141 Å². The van der Waals surface area contributed by atoms with E-state index in [0.717, 1.165) is 47.8 Å². The highest BCUT2D eigenvalue weighted by Gasteiger charge is 2.37. The smallest absolute Gasteiger partial charge is 0.130 e. The predicted octanol–water partition coefficient (Wildman–Crippen LogP) is 12.8. The third-order valence-corrected chi connectivity index (χ3v) is 10.6. The molecule has 242 valence electrons. The van der Waals surface area contributed by atoms with E-state index in [9.17, 15) is 0 Å². The molecule has 0 spiro atoms. The Kier molecular flexibility index (Phi) is 7.39. The van der Waals surface area contributed by atoms with Crippen LogP contribution in [0.3, 0.4) is 0 Å². The SMILES string of the molecule is CC1(C)c2ccccc2-c2cc(-c3cccc4c3OCCC4)c(N(c3ccc(-c4ccccc4)cc3)c3ccc(-c4ccccc4)cc3)cc21. The van der Waals surface area contributed by atoms with Crippen LogP contribution in [0.5, 0.6) is 5.75 Å². The van der Waals surface area contributed by atoms with Crippen LogP contribution in [0.2, 0.25) is 0 Å². The Balaban J connectivity index is 1.29. The maximum absolute atomic E-state index is 6.50. The summed E-state index contributed by atoms with van der Waals surface area (Å²) in [6.07, 6.45) is 2.08. The van der Waals surface area contributed by atoms with E-state index in [2.05, 4.69) is 183 Å². The van der Waals surface area contributed by atoms with E-state index in [4.69, 9.17) is 4.74 Å². The van der Waals surface area contributed by atoms with Crippen molar-refractivity contribution >= 4 is 17.1 Å². The number of hydrogen-bond donors (Lipinski definition) is 0. The van der Waals surface area contributed by atoms with Crippen LogP contribution in [0.25, 0.3) is 44.5 Å². The van der Waals surface area contributed by atoms with Crippen LogP contribution in [0, 0.1) is 0 Å². The predicted molar refractivity (Wildman–Crippen MR) is 209 cm³/mol. The molecule has 50 heavy (non-hydrogen) atoms. The summed E-state index contributed by atoms with van der Waals surface area (Å²) in [7, 11) is 0. The Labute approximate surface area is 295 Å². The first-order valence-electron chi connectivity index (χ1n) is 17.7. The quantitative estimate of drug-likeness (QED) is 0.178. The van der Waals surface area contributed by atoms with Crippen molar-refractivity contribution in [1.29, 1.82) is 0 Å². The highest BCUT2D eigenvalue weighted by Crippen LogP contribution is 2.54. The standard InChI is InChI=1S/C48H39NO/c1-48(2)44-21-10-9-19-40(44)42-31-43(41-20-11-17-37-18-12-30-50-47(37)41)46(32-45(42)48)49(38-26-22-35(23-27-38)33-13-5-3-6-14-33)39-28-24-36(25-29-39)34-15-7-4-8-16-34/h3-11,13-17,19-29,31-32H,12,18,30H2,1-2H3. The molecule has 0 fully saturated rings. The minimum atomic E-state index is -0.147. The van der Waals surface area contributed by atoms with Gasteiger partial charge in [-0.05, 0) is 99.3 Å². The lowest BCUT2D eigenvalue weighted by Gasteiger charge is -2.31. The monoisotopic (exact) mass is 645 g/mol. The lowest BCUT2D eigenvalue weighted by Crippen LogP contribution is -2.17. The van der Waals surface area contributed by atoms with Crippen LogP contribution in [-0.2, 0) is 11.8 Å². The molecule has 0 N–H and O–H groups in total. The van der Waals surface area contributed by atoms with Crippen LogP contribution >= 0.6 is 0 Å².